The molecule has 1 aromatic heterocycles. The molecular weight excluding hydrogens is 230 g/mol. The highest BCUT2D eigenvalue weighted by Crippen LogP contribution is 2.07. The predicted molar refractivity (Wildman–Crippen MR) is 71.0 cm³/mol. The molecule has 0 atom stereocenters. The number of aliphatic hydroxyl groups is 1. The lowest BCUT2D eigenvalue weighted by molar-refractivity contribution is -0.116. The van der Waals surface area contributed by atoms with Crippen LogP contribution < -0.4 is 5.32 Å². The van der Waals surface area contributed by atoms with E-state index in [0.29, 0.717) is 12.3 Å². The fraction of sp³-hybridized carbons (Fsp3) is 0.500. The van der Waals surface area contributed by atoms with Gasteiger partial charge >= 0.3 is 0 Å². The molecule has 18 heavy (non-hydrogen) atoms. The third kappa shape index (κ3) is 6.25. The van der Waals surface area contributed by atoms with Crippen molar-refractivity contribution in [3.05, 3.63) is 29.7 Å². The second-order valence-electron chi connectivity index (χ2n) is 4.21. The number of carbonyl (C=O) groups excluding carboxylic acids is 1. The molecule has 100 valence electrons. The zero-order chi connectivity index (χ0) is 13.2. The number of amides is 1. The number of rotatable bonds is 8. The van der Waals surface area contributed by atoms with Gasteiger partial charge in [-0.05, 0) is 38.0 Å². The molecule has 1 aromatic rings. The number of carbonyl (C=O) groups is 1. The van der Waals surface area contributed by atoms with Gasteiger partial charge < -0.3 is 14.8 Å². The van der Waals surface area contributed by atoms with Crippen LogP contribution in [0.4, 0.5) is 0 Å². The van der Waals surface area contributed by atoms with E-state index in [-0.39, 0.29) is 12.5 Å². The summed E-state index contributed by atoms with van der Waals surface area (Å²) in [5, 5.41) is 11.4. The van der Waals surface area contributed by atoms with Gasteiger partial charge in [-0.1, -0.05) is 12.8 Å². The number of hydrogen-bond donors (Lipinski definition) is 2. The number of aliphatic hydroxyl groups excluding tert-OH is 1. The largest absolute Gasteiger partial charge is 0.462 e. The summed E-state index contributed by atoms with van der Waals surface area (Å²) in [6.07, 6.45) is 6.96. The molecule has 0 radical (unpaired) electrons. The third-order valence-electron chi connectivity index (χ3n) is 2.54. The van der Waals surface area contributed by atoms with Crippen molar-refractivity contribution in [3.8, 4) is 0 Å². The molecule has 0 saturated carbocycles. The number of furan rings is 1. The molecule has 1 rings (SSSR count). The second kappa shape index (κ2) is 8.53. The molecule has 2 N–H and O–H groups in total. The maximum Gasteiger partial charge on any atom is 0.244 e. The molecule has 0 bridgehead atoms. The summed E-state index contributed by atoms with van der Waals surface area (Å²) in [4.78, 5) is 11.4. The molecule has 0 saturated heterocycles. The first-order valence-corrected chi connectivity index (χ1v) is 6.35. The summed E-state index contributed by atoms with van der Waals surface area (Å²) in [7, 11) is 0. The quantitative estimate of drug-likeness (QED) is 0.550. The van der Waals surface area contributed by atoms with Crippen LogP contribution >= 0.6 is 0 Å². The summed E-state index contributed by atoms with van der Waals surface area (Å²) < 4.78 is 5.31. The van der Waals surface area contributed by atoms with Crippen LogP contribution in [0, 0.1) is 6.92 Å². The van der Waals surface area contributed by atoms with E-state index in [4.69, 9.17) is 9.52 Å². The van der Waals surface area contributed by atoms with Crippen LogP contribution in [0.25, 0.3) is 6.08 Å². The molecule has 4 nitrogen and oxygen atoms in total. The highest BCUT2D eigenvalue weighted by atomic mass is 16.3. The van der Waals surface area contributed by atoms with Crippen LogP contribution in [-0.2, 0) is 4.79 Å². The van der Waals surface area contributed by atoms with Crippen molar-refractivity contribution in [2.75, 3.05) is 13.2 Å². The fourth-order valence-electron chi connectivity index (χ4n) is 1.56. The lowest BCUT2D eigenvalue weighted by Gasteiger charge is -2.01. The van der Waals surface area contributed by atoms with Gasteiger partial charge in [0.25, 0.3) is 0 Å². The van der Waals surface area contributed by atoms with Crippen molar-refractivity contribution in [2.45, 2.75) is 32.6 Å². The van der Waals surface area contributed by atoms with E-state index in [9.17, 15) is 4.79 Å². The Kier molecular flexibility index (Phi) is 6.87. The molecule has 0 unspecified atom stereocenters. The van der Waals surface area contributed by atoms with Gasteiger partial charge in [0.2, 0.25) is 5.91 Å². The molecule has 1 amide bonds. The molecule has 0 spiro atoms. The van der Waals surface area contributed by atoms with E-state index >= 15 is 0 Å². The van der Waals surface area contributed by atoms with Gasteiger partial charge in [0.1, 0.15) is 11.5 Å². The van der Waals surface area contributed by atoms with Gasteiger partial charge in [-0.2, -0.15) is 0 Å². The Bertz CT molecular complexity index is 382. The normalized spacial score (nSPS) is 11.0. The van der Waals surface area contributed by atoms with Crippen molar-refractivity contribution in [2.24, 2.45) is 0 Å². The summed E-state index contributed by atoms with van der Waals surface area (Å²) in [6, 6.07) is 3.69. The van der Waals surface area contributed by atoms with Crippen molar-refractivity contribution in [1.82, 2.24) is 5.32 Å². The molecular formula is C14H21NO3. The van der Waals surface area contributed by atoms with Gasteiger partial charge in [0.15, 0.2) is 0 Å². The first-order chi connectivity index (χ1) is 8.72. The summed E-state index contributed by atoms with van der Waals surface area (Å²) in [6.45, 7) is 2.78. The van der Waals surface area contributed by atoms with Crippen LogP contribution in [0.2, 0.25) is 0 Å². The van der Waals surface area contributed by atoms with Gasteiger partial charge in [-0.3, -0.25) is 4.79 Å². The van der Waals surface area contributed by atoms with E-state index < -0.39 is 0 Å². The lowest BCUT2D eigenvalue weighted by atomic mass is 10.2. The fourth-order valence-corrected chi connectivity index (χ4v) is 1.56. The highest BCUT2D eigenvalue weighted by molar-refractivity contribution is 5.91. The Morgan fingerprint density at radius 2 is 2.11 bits per heavy atom. The molecule has 1 heterocycles. The minimum Gasteiger partial charge on any atom is -0.462 e. The molecule has 4 heteroatoms. The minimum absolute atomic E-state index is 0.105. The smallest absolute Gasteiger partial charge is 0.244 e. The van der Waals surface area contributed by atoms with Gasteiger partial charge in [-0.25, -0.2) is 0 Å². The number of unbranched alkanes of at least 4 members (excludes halogenated alkanes) is 3. The first kappa shape index (κ1) is 14.5. The van der Waals surface area contributed by atoms with Crippen LogP contribution in [0.1, 0.15) is 37.2 Å². The Morgan fingerprint density at radius 1 is 1.33 bits per heavy atom. The standard InChI is InChI=1S/C14H21NO3/c1-12-6-7-13(18-12)8-9-14(17)15-10-4-2-3-5-11-16/h6-9,16H,2-5,10-11H2,1H3,(H,15,17)/b9-8+. The van der Waals surface area contributed by atoms with Crippen molar-refractivity contribution >= 4 is 12.0 Å². The van der Waals surface area contributed by atoms with Crippen LogP contribution in [0.5, 0.6) is 0 Å². The van der Waals surface area contributed by atoms with Gasteiger partial charge in [0, 0.05) is 19.2 Å². The van der Waals surface area contributed by atoms with Crippen LogP contribution in [-0.4, -0.2) is 24.2 Å². The van der Waals surface area contributed by atoms with Crippen molar-refractivity contribution in [1.29, 1.82) is 0 Å². The zero-order valence-corrected chi connectivity index (χ0v) is 10.8. The van der Waals surface area contributed by atoms with Crippen LogP contribution in [0.3, 0.4) is 0 Å². The summed E-state index contributed by atoms with van der Waals surface area (Å²) in [5.41, 5.74) is 0. The summed E-state index contributed by atoms with van der Waals surface area (Å²) in [5.74, 6) is 1.41. The molecule has 0 fully saturated rings. The molecule has 0 aliphatic carbocycles. The van der Waals surface area contributed by atoms with E-state index in [1.165, 1.54) is 6.08 Å². The number of hydrogen-bond acceptors (Lipinski definition) is 3. The van der Waals surface area contributed by atoms with E-state index in [1.807, 2.05) is 19.1 Å². The van der Waals surface area contributed by atoms with Crippen molar-refractivity contribution < 1.29 is 14.3 Å². The minimum atomic E-state index is -0.105. The maximum absolute atomic E-state index is 11.4. The Hall–Kier alpha value is -1.55. The Morgan fingerprint density at radius 3 is 2.78 bits per heavy atom. The molecule has 0 aromatic carbocycles. The first-order valence-electron chi connectivity index (χ1n) is 6.35. The highest BCUT2D eigenvalue weighted by Gasteiger charge is 1.97. The van der Waals surface area contributed by atoms with Gasteiger partial charge in [0.05, 0.1) is 0 Å². The van der Waals surface area contributed by atoms with Gasteiger partial charge in [-0.15, -0.1) is 0 Å². The molecule has 0 aliphatic heterocycles. The topological polar surface area (TPSA) is 62.5 Å². The second-order valence-corrected chi connectivity index (χ2v) is 4.21. The third-order valence-corrected chi connectivity index (χ3v) is 2.54. The number of nitrogens with one attached hydrogen (secondary N) is 1. The van der Waals surface area contributed by atoms with E-state index in [2.05, 4.69) is 5.32 Å². The zero-order valence-electron chi connectivity index (χ0n) is 10.8. The van der Waals surface area contributed by atoms with Crippen molar-refractivity contribution in [3.63, 3.8) is 0 Å². The van der Waals surface area contributed by atoms with E-state index in [0.717, 1.165) is 31.4 Å². The number of aryl methyl sites for hydroxylation is 1. The predicted octanol–water partition coefficient (Wildman–Crippen LogP) is 2.27. The Labute approximate surface area is 108 Å². The monoisotopic (exact) mass is 251 g/mol. The lowest BCUT2D eigenvalue weighted by Crippen LogP contribution is -2.21. The SMILES string of the molecule is Cc1ccc(/C=C/C(=O)NCCCCCCO)o1. The average molecular weight is 251 g/mol. The van der Waals surface area contributed by atoms with Crippen LogP contribution in [0.15, 0.2) is 22.6 Å². The average Bonchev–Trinajstić information content (AvgIpc) is 2.77. The Balaban J connectivity index is 2.12. The maximum atomic E-state index is 11.4. The summed E-state index contributed by atoms with van der Waals surface area (Å²) >= 11 is 0. The van der Waals surface area contributed by atoms with E-state index in [1.54, 1.807) is 6.08 Å². The molecule has 0 aliphatic rings.